The molecule has 36 heavy (non-hydrogen) atoms. The topological polar surface area (TPSA) is 51.9 Å². The van der Waals surface area contributed by atoms with Gasteiger partial charge in [-0.2, -0.15) is 0 Å². The van der Waals surface area contributed by atoms with E-state index in [0.717, 1.165) is 68.2 Å². The van der Waals surface area contributed by atoms with Gasteiger partial charge in [-0.25, -0.2) is 28.2 Å². The number of rotatable bonds is 3. The van der Waals surface area contributed by atoms with Gasteiger partial charge in [0.1, 0.15) is 0 Å². The van der Waals surface area contributed by atoms with Gasteiger partial charge in [-0.05, 0) is 20.8 Å². The van der Waals surface area contributed by atoms with Crippen molar-refractivity contribution in [2.75, 3.05) is 0 Å². The van der Waals surface area contributed by atoms with Gasteiger partial charge in [0.25, 0.3) is 0 Å². The summed E-state index contributed by atoms with van der Waals surface area (Å²) in [5, 5.41) is 0. The maximum atomic E-state index is 5.11. The summed E-state index contributed by atoms with van der Waals surface area (Å²) in [6.45, 7) is 6.20. The van der Waals surface area contributed by atoms with E-state index >= 15 is 0 Å². The van der Waals surface area contributed by atoms with Gasteiger partial charge in [0.15, 0.2) is 0 Å². The molecule has 0 radical (unpaired) electrons. The molecule has 3 aromatic carbocycles. The molecule has 7 aromatic rings. The normalized spacial score (nSPS) is 11.8. The number of fused-ring (bicyclic) bond motifs is 6. The van der Waals surface area contributed by atoms with Crippen molar-refractivity contribution in [3.05, 3.63) is 108 Å². The second kappa shape index (κ2) is 7.65. The highest BCUT2D eigenvalue weighted by molar-refractivity contribution is 5.78. The van der Waals surface area contributed by atoms with Crippen molar-refractivity contribution in [1.82, 2.24) is 28.2 Å². The largest absolute Gasteiger partial charge is 0.246 e. The first kappa shape index (κ1) is 20.6. The van der Waals surface area contributed by atoms with Crippen LogP contribution in [-0.2, 0) is 0 Å². The van der Waals surface area contributed by atoms with E-state index in [-0.39, 0.29) is 0 Å². The summed E-state index contributed by atoms with van der Waals surface area (Å²) >= 11 is 0. The molecule has 0 saturated carbocycles. The summed E-state index contributed by atoms with van der Waals surface area (Å²) in [5.74, 6) is 2.41. The van der Waals surface area contributed by atoms with Gasteiger partial charge in [-0.15, -0.1) is 0 Å². The smallest absolute Gasteiger partial charge is 0.225 e. The molecule has 174 valence electrons. The standard InChI is InChI=1S/C30H24N6/c1-19-25(22-13-7-4-8-14-22)34-28(31-19)35-26(23-15-9-5-10-16-23)20(2)33-30(35)36-27(21(3)32-29(34)36)24-17-11-6-12-18-24/h4-18H,1-3H3. The van der Waals surface area contributed by atoms with Crippen molar-refractivity contribution < 1.29 is 0 Å². The highest BCUT2D eigenvalue weighted by Crippen LogP contribution is 2.35. The first-order valence-electron chi connectivity index (χ1n) is 12.1. The van der Waals surface area contributed by atoms with Crippen LogP contribution in [0.25, 0.3) is 51.1 Å². The lowest BCUT2D eigenvalue weighted by atomic mass is 10.1. The molecule has 0 atom stereocenters. The zero-order valence-electron chi connectivity index (χ0n) is 20.3. The van der Waals surface area contributed by atoms with Gasteiger partial charge in [0, 0.05) is 16.7 Å². The van der Waals surface area contributed by atoms with Crippen molar-refractivity contribution in [2.24, 2.45) is 0 Å². The molecule has 0 aliphatic heterocycles. The van der Waals surface area contributed by atoms with Crippen molar-refractivity contribution in [3.8, 4) is 33.8 Å². The SMILES string of the molecule is Cc1nc2n(c1-c1ccccc1)c1nc(C)c(-c3ccccc3)n1c1nc(C)c(-c3ccccc3)n21. The van der Waals surface area contributed by atoms with Crippen LogP contribution in [0, 0.1) is 20.8 Å². The average molecular weight is 469 g/mol. The zero-order chi connectivity index (χ0) is 24.4. The molecule has 6 nitrogen and oxygen atoms in total. The maximum Gasteiger partial charge on any atom is 0.225 e. The number of aryl methyl sites for hydroxylation is 3. The Morgan fingerprint density at radius 3 is 0.889 bits per heavy atom. The molecule has 6 heteroatoms. The molecule has 4 aromatic heterocycles. The minimum atomic E-state index is 0.804. The second-order valence-electron chi connectivity index (χ2n) is 9.14. The fourth-order valence-corrected chi connectivity index (χ4v) is 5.36. The molecule has 0 aliphatic carbocycles. The van der Waals surface area contributed by atoms with Crippen LogP contribution in [0.1, 0.15) is 17.1 Å². The van der Waals surface area contributed by atoms with Crippen LogP contribution in [0.3, 0.4) is 0 Å². The van der Waals surface area contributed by atoms with E-state index in [4.69, 9.17) is 15.0 Å². The second-order valence-corrected chi connectivity index (χ2v) is 9.14. The van der Waals surface area contributed by atoms with Crippen LogP contribution >= 0.6 is 0 Å². The number of aromatic nitrogens is 6. The molecule has 0 aliphatic rings. The lowest BCUT2D eigenvalue weighted by molar-refractivity contribution is 0.985. The average Bonchev–Trinajstić information content (AvgIpc) is 3.55. The van der Waals surface area contributed by atoms with Crippen molar-refractivity contribution >= 4 is 17.3 Å². The Morgan fingerprint density at radius 1 is 0.389 bits per heavy atom. The van der Waals surface area contributed by atoms with E-state index in [1.807, 2.05) is 18.2 Å². The molecular formula is C30H24N6. The van der Waals surface area contributed by atoms with E-state index < -0.39 is 0 Å². The number of hydrogen-bond donors (Lipinski definition) is 0. The van der Waals surface area contributed by atoms with E-state index in [9.17, 15) is 0 Å². The van der Waals surface area contributed by atoms with Crippen molar-refractivity contribution in [2.45, 2.75) is 20.8 Å². The fraction of sp³-hybridized carbons (Fsp3) is 0.100. The van der Waals surface area contributed by atoms with Gasteiger partial charge in [0.2, 0.25) is 17.3 Å². The molecule has 0 N–H and O–H groups in total. The molecule has 0 unspecified atom stereocenters. The van der Waals surface area contributed by atoms with Gasteiger partial charge >= 0.3 is 0 Å². The van der Waals surface area contributed by atoms with E-state index in [0.29, 0.717) is 0 Å². The Morgan fingerprint density at radius 2 is 0.639 bits per heavy atom. The van der Waals surface area contributed by atoms with Crippen LogP contribution in [0.4, 0.5) is 0 Å². The van der Waals surface area contributed by atoms with Crippen molar-refractivity contribution in [3.63, 3.8) is 0 Å². The van der Waals surface area contributed by atoms with Crippen molar-refractivity contribution in [1.29, 1.82) is 0 Å². The van der Waals surface area contributed by atoms with E-state index in [1.54, 1.807) is 0 Å². The molecule has 0 spiro atoms. The first-order valence-corrected chi connectivity index (χ1v) is 12.1. The summed E-state index contributed by atoms with van der Waals surface area (Å²) in [6.07, 6.45) is 0. The quantitative estimate of drug-likeness (QED) is 0.295. The first-order chi connectivity index (χ1) is 17.6. The van der Waals surface area contributed by atoms with Gasteiger partial charge in [-0.3, -0.25) is 0 Å². The predicted octanol–water partition coefficient (Wildman–Crippen LogP) is 6.56. The molecule has 0 saturated heterocycles. The Labute approximate surface area is 208 Å². The Hall–Kier alpha value is -4.71. The molecular weight excluding hydrogens is 444 g/mol. The lowest BCUT2D eigenvalue weighted by Gasteiger charge is -2.11. The molecule has 7 rings (SSSR count). The third-order valence-electron chi connectivity index (χ3n) is 6.84. The number of benzene rings is 3. The van der Waals surface area contributed by atoms with Crippen LogP contribution < -0.4 is 0 Å². The summed E-state index contributed by atoms with van der Waals surface area (Å²) in [7, 11) is 0. The summed E-state index contributed by atoms with van der Waals surface area (Å²) in [5.41, 5.74) is 9.25. The van der Waals surface area contributed by atoms with Gasteiger partial charge in [-0.1, -0.05) is 91.0 Å². The summed E-state index contributed by atoms with van der Waals surface area (Å²) in [4.78, 5) is 15.3. The Balaban J connectivity index is 1.75. The van der Waals surface area contributed by atoms with Gasteiger partial charge < -0.3 is 0 Å². The summed E-state index contributed by atoms with van der Waals surface area (Å²) < 4.78 is 6.56. The van der Waals surface area contributed by atoms with Gasteiger partial charge in [0.05, 0.1) is 34.2 Å². The third-order valence-corrected chi connectivity index (χ3v) is 6.84. The zero-order valence-corrected chi connectivity index (χ0v) is 20.3. The highest BCUT2D eigenvalue weighted by Gasteiger charge is 2.26. The monoisotopic (exact) mass is 468 g/mol. The third kappa shape index (κ3) is 2.81. The Kier molecular flexibility index (Phi) is 4.39. The lowest BCUT2D eigenvalue weighted by Crippen LogP contribution is -2.06. The number of imidazole rings is 3. The van der Waals surface area contributed by atoms with Crippen LogP contribution in [0.5, 0.6) is 0 Å². The molecule has 0 bridgehead atoms. The van der Waals surface area contributed by atoms with Crippen LogP contribution in [0.15, 0.2) is 91.0 Å². The number of nitrogens with zero attached hydrogens (tertiary/aromatic N) is 6. The molecule has 4 heterocycles. The number of hydrogen-bond acceptors (Lipinski definition) is 3. The maximum absolute atomic E-state index is 5.11. The molecule has 0 amide bonds. The molecule has 0 fully saturated rings. The fourth-order valence-electron chi connectivity index (χ4n) is 5.36. The minimum absolute atomic E-state index is 0.804. The minimum Gasteiger partial charge on any atom is -0.246 e. The van der Waals surface area contributed by atoms with E-state index in [2.05, 4.69) is 107 Å². The van der Waals surface area contributed by atoms with Crippen LogP contribution in [-0.4, -0.2) is 28.2 Å². The van der Waals surface area contributed by atoms with Crippen LogP contribution in [0.2, 0.25) is 0 Å². The highest BCUT2D eigenvalue weighted by atomic mass is 15.3. The predicted molar refractivity (Wildman–Crippen MR) is 143 cm³/mol. The summed E-state index contributed by atoms with van der Waals surface area (Å²) in [6, 6.07) is 31.3. The Bertz CT molecular complexity index is 1640. The van der Waals surface area contributed by atoms with E-state index in [1.165, 1.54) is 0 Å².